The summed E-state index contributed by atoms with van der Waals surface area (Å²) in [5.74, 6) is -2.79. The number of imide groups is 1. The van der Waals surface area contributed by atoms with Crippen molar-refractivity contribution in [3.63, 3.8) is 0 Å². The minimum Gasteiger partial charge on any atom is -0.468 e. The minimum absolute atomic E-state index is 0.241. The van der Waals surface area contributed by atoms with E-state index in [9.17, 15) is 14.4 Å². The Kier molecular flexibility index (Phi) is 5.15. The second-order valence-electron chi connectivity index (χ2n) is 8.11. The van der Waals surface area contributed by atoms with Crippen molar-refractivity contribution in [3.8, 4) is 0 Å². The van der Waals surface area contributed by atoms with Crippen LogP contribution in [0.15, 0.2) is 78.2 Å². The van der Waals surface area contributed by atoms with E-state index in [2.05, 4.69) is 5.32 Å². The van der Waals surface area contributed by atoms with E-state index < -0.39 is 29.4 Å². The number of carbonyl (C=O) groups is 3. The molecule has 7 heteroatoms. The number of hydrogen-bond donors (Lipinski definition) is 1. The maximum atomic E-state index is 13.8. The zero-order valence-electron chi connectivity index (χ0n) is 17.4. The number of hydrogen-bond acceptors (Lipinski definition) is 6. The van der Waals surface area contributed by atoms with E-state index in [0.717, 1.165) is 10.4 Å². The first-order chi connectivity index (χ1) is 15.6. The van der Waals surface area contributed by atoms with Gasteiger partial charge in [0.1, 0.15) is 5.54 Å². The maximum absolute atomic E-state index is 13.8. The number of fused-ring (bicyclic) bond motifs is 1. The number of benzene rings is 2. The highest BCUT2D eigenvalue weighted by atomic mass is 32.1. The number of methoxy groups -OCH3 is 1. The Hall–Kier alpha value is -3.29. The van der Waals surface area contributed by atoms with Crippen LogP contribution in [0.4, 0.5) is 5.69 Å². The third-order valence-corrected chi connectivity index (χ3v) is 7.35. The Morgan fingerprint density at radius 3 is 2.31 bits per heavy atom. The SMILES string of the molecule is COC(=O)[C@]1(Cc2ccccc2)N[C@H](c2cccs2)[C@@H]2C(=O)N(c3ccccc3)C(=O)[C@@H]21. The van der Waals surface area contributed by atoms with Gasteiger partial charge in [0.25, 0.3) is 0 Å². The lowest BCUT2D eigenvalue weighted by atomic mass is 9.76. The Labute approximate surface area is 189 Å². The molecule has 0 spiro atoms. The molecule has 6 nitrogen and oxygen atoms in total. The monoisotopic (exact) mass is 446 g/mol. The molecule has 0 radical (unpaired) electrons. The molecule has 2 fully saturated rings. The van der Waals surface area contributed by atoms with Crippen LogP contribution in [0.25, 0.3) is 0 Å². The first-order valence-electron chi connectivity index (χ1n) is 10.4. The molecule has 4 atom stereocenters. The number of carbonyl (C=O) groups excluding carboxylic acids is 3. The quantitative estimate of drug-likeness (QED) is 0.481. The molecule has 1 N–H and O–H groups in total. The molecule has 1 aromatic heterocycles. The van der Waals surface area contributed by atoms with Gasteiger partial charge in [-0.1, -0.05) is 54.6 Å². The molecule has 32 heavy (non-hydrogen) atoms. The summed E-state index contributed by atoms with van der Waals surface area (Å²) in [6, 6.07) is 21.8. The number of amides is 2. The lowest BCUT2D eigenvalue weighted by Crippen LogP contribution is -2.57. The summed E-state index contributed by atoms with van der Waals surface area (Å²) in [5.41, 5.74) is 0.0424. The number of rotatable bonds is 5. The third-order valence-electron chi connectivity index (χ3n) is 6.39. The molecule has 3 heterocycles. The van der Waals surface area contributed by atoms with Gasteiger partial charge in [0.15, 0.2) is 0 Å². The summed E-state index contributed by atoms with van der Waals surface area (Å²) < 4.78 is 5.23. The van der Waals surface area contributed by atoms with E-state index in [1.54, 1.807) is 24.3 Å². The van der Waals surface area contributed by atoms with Gasteiger partial charge in [0.2, 0.25) is 11.8 Å². The standard InChI is InChI=1S/C25H22N2O4S/c1-31-24(30)25(15-16-9-4-2-5-10-16)20-19(21(26-25)18-13-8-14-32-18)22(28)27(23(20)29)17-11-6-3-7-12-17/h2-14,19-21,26H,15H2,1H3/t19-,20-,21-,25-/m1/s1. The van der Waals surface area contributed by atoms with Gasteiger partial charge in [0, 0.05) is 11.3 Å². The number of anilines is 1. The lowest BCUT2D eigenvalue weighted by molar-refractivity contribution is -0.152. The van der Waals surface area contributed by atoms with Crippen molar-refractivity contribution in [1.29, 1.82) is 0 Å². The molecule has 2 aromatic carbocycles. The third kappa shape index (κ3) is 3.08. The van der Waals surface area contributed by atoms with E-state index in [-0.39, 0.29) is 18.2 Å². The molecule has 3 aromatic rings. The lowest BCUT2D eigenvalue weighted by Gasteiger charge is -2.32. The fourth-order valence-electron chi connectivity index (χ4n) is 5.07. The minimum atomic E-state index is -1.36. The number of nitrogens with zero attached hydrogens (tertiary/aromatic N) is 1. The van der Waals surface area contributed by atoms with E-state index in [1.165, 1.54) is 23.3 Å². The van der Waals surface area contributed by atoms with Crippen molar-refractivity contribution in [1.82, 2.24) is 5.32 Å². The second-order valence-corrected chi connectivity index (χ2v) is 9.09. The van der Waals surface area contributed by atoms with Crippen molar-refractivity contribution >= 4 is 34.8 Å². The van der Waals surface area contributed by atoms with Crippen molar-refractivity contribution in [3.05, 3.63) is 88.6 Å². The van der Waals surface area contributed by atoms with Crippen LogP contribution < -0.4 is 10.2 Å². The Morgan fingerprint density at radius 2 is 1.69 bits per heavy atom. The number of esters is 1. The van der Waals surface area contributed by atoms with E-state index in [1.807, 2.05) is 53.9 Å². The molecular formula is C25H22N2O4S. The average molecular weight is 447 g/mol. The number of ether oxygens (including phenoxy) is 1. The highest BCUT2D eigenvalue weighted by molar-refractivity contribution is 7.10. The zero-order valence-corrected chi connectivity index (χ0v) is 18.2. The molecule has 2 amide bonds. The molecule has 0 unspecified atom stereocenters. The Balaban J connectivity index is 1.66. The predicted octanol–water partition coefficient (Wildman–Crippen LogP) is 3.35. The van der Waals surface area contributed by atoms with Crippen molar-refractivity contribution in [2.75, 3.05) is 12.0 Å². The van der Waals surface area contributed by atoms with E-state index in [4.69, 9.17) is 4.74 Å². The highest BCUT2D eigenvalue weighted by Gasteiger charge is 2.69. The molecule has 2 aliphatic rings. The summed E-state index contributed by atoms with van der Waals surface area (Å²) in [6.07, 6.45) is 0.241. The van der Waals surface area contributed by atoms with Crippen LogP contribution in [-0.2, 0) is 25.5 Å². The van der Waals surface area contributed by atoms with Crippen molar-refractivity contribution in [2.24, 2.45) is 11.8 Å². The molecule has 2 saturated heterocycles. The van der Waals surface area contributed by atoms with E-state index >= 15 is 0 Å². The number of thiophene rings is 1. The summed E-state index contributed by atoms with van der Waals surface area (Å²) in [7, 11) is 1.32. The van der Waals surface area contributed by atoms with Crippen LogP contribution in [0.2, 0.25) is 0 Å². The van der Waals surface area contributed by atoms with Crippen LogP contribution in [0.1, 0.15) is 16.5 Å². The van der Waals surface area contributed by atoms with Crippen LogP contribution in [0, 0.1) is 11.8 Å². The summed E-state index contributed by atoms with van der Waals surface area (Å²) >= 11 is 1.50. The smallest absolute Gasteiger partial charge is 0.327 e. The van der Waals surface area contributed by atoms with Gasteiger partial charge in [-0.25, -0.2) is 4.90 Å². The first-order valence-corrected chi connectivity index (χ1v) is 11.3. The predicted molar refractivity (Wildman–Crippen MR) is 121 cm³/mol. The topological polar surface area (TPSA) is 75.7 Å². The van der Waals surface area contributed by atoms with Gasteiger partial charge in [-0.05, 0) is 29.1 Å². The summed E-state index contributed by atoms with van der Waals surface area (Å²) in [5, 5.41) is 5.34. The molecule has 5 rings (SSSR count). The number of para-hydroxylation sites is 1. The summed E-state index contributed by atoms with van der Waals surface area (Å²) in [6.45, 7) is 0. The van der Waals surface area contributed by atoms with E-state index in [0.29, 0.717) is 5.69 Å². The fraction of sp³-hybridized carbons (Fsp3) is 0.240. The van der Waals surface area contributed by atoms with Crippen LogP contribution in [0.5, 0.6) is 0 Å². The molecule has 0 aliphatic carbocycles. The molecule has 2 aliphatic heterocycles. The van der Waals surface area contributed by atoms with Crippen molar-refractivity contribution < 1.29 is 19.1 Å². The zero-order chi connectivity index (χ0) is 22.3. The van der Waals surface area contributed by atoms with Gasteiger partial charge in [-0.2, -0.15) is 0 Å². The van der Waals surface area contributed by atoms with Gasteiger partial charge in [-0.3, -0.25) is 19.7 Å². The van der Waals surface area contributed by atoms with Gasteiger partial charge in [0.05, 0.1) is 30.7 Å². The van der Waals surface area contributed by atoms with Crippen LogP contribution >= 0.6 is 11.3 Å². The summed E-state index contributed by atoms with van der Waals surface area (Å²) in [4.78, 5) is 42.9. The normalized spacial score (nSPS) is 26.9. The van der Waals surface area contributed by atoms with Gasteiger partial charge in [-0.15, -0.1) is 11.3 Å². The molecule has 0 saturated carbocycles. The molecular weight excluding hydrogens is 424 g/mol. The molecule has 0 bridgehead atoms. The molecule has 162 valence electrons. The maximum Gasteiger partial charge on any atom is 0.327 e. The average Bonchev–Trinajstić information content (AvgIpc) is 3.52. The largest absolute Gasteiger partial charge is 0.468 e. The first kappa shape index (κ1) is 20.6. The Morgan fingerprint density at radius 1 is 1.00 bits per heavy atom. The van der Waals surface area contributed by atoms with Crippen molar-refractivity contribution in [2.45, 2.75) is 18.0 Å². The highest BCUT2D eigenvalue weighted by Crippen LogP contribution is 2.51. The number of nitrogens with one attached hydrogen (secondary N) is 1. The van der Waals surface area contributed by atoms with Crippen LogP contribution in [0.3, 0.4) is 0 Å². The van der Waals surface area contributed by atoms with Gasteiger partial charge < -0.3 is 4.74 Å². The second kappa shape index (κ2) is 8.00. The Bertz CT molecular complexity index is 1150. The van der Waals surface area contributed by atoms with Gasteiger partial charge >= 0.3 is 5.97 Å². The fourth-order valence-corrected chi connectivity index (χ4v) is 5.89. The van der Waals surface area contributed by atoms with Crippen LogP contribution in [-0.4, -0.2) is 30.4 Å².